The first-order valence-electron chi connectivity index (χ1n) is 6.91. The van der Waals surface area contributed by atoms with E-state index in [2.05, 4.69) is 41.6 Å². The van der Waals surface area contributed by atoms with Crippen molar-refractivity contribution in [3.05, 3.63) is 40.4 Å². The minimum Gasteiger partial charge on any atom is -0.493 e. The van der Waals surface area contributed by atoms with Crippen LogP contribution in [-0.4, -0.2) is 13.2 Å². The summed E-state index contributed by atoms with van der Waals surface area (Å²) >= 11 is 3.52. The van der Waals surface area contributed by atoms with Crippen LogP contribution in [-0.2, 0) is 6.42 Å². The van der Waals surface area contributed by atoms with Gasteiger partial charge in [0, 0.05) is 4.47 Å². The van der Waals surface area contributed by atoms with Crippen molar-refractivity contribution in [3.63, 3.8) is 0 Å². The molecule has 0 aliphatic carbocycles. The van der Waals surface area contributed by atoms with Crippen LogP contribution in [0.4, 0.5) is 0 Å². The highest BCUT2D eigenvalue weighted by Crippen LogP contribution is 2.28. The number of ether oxygens (including phenoxy) is 1. The molecule has 1 aromatic carbocycles. The van der Waals surface area contributed by atoms with Crippen molar-refractivity contribution in [2.75, 3.05) is 13.2 Å². The Morgan fingerprint density at radius 1 is 1.32 bits per heavy atom. The molecule has 0 fully saturated rings. The van der Waals surface area contributed by atoms with E-state index in [1.165, 1.54) is 24.0 Å². The molecule has 0 aliphatic rings. The molecule has 0 unspecified atom stereocenters. The molecular formula is C16H24BrNO. The van der Waals surface area contributed by atoms with E-state index in [0.29, 0.717) is 6.54 Å². The summed E-state index contributed by atoms with van der Waals surface area (Å²) in [6, 6.07) is 4.19. The predicted octanol–water partition coefficient (Wildman–Crippen LogP) is 4.38. The minimum atomic E-state index is 0.644. The highest BCUT2D eigenvalue weighted by molar-refractivity contribution is 9.10. The standard InChI is InChI=1S/C16H24BrNO/c1-3-4-5-6-7-10-19-16-13(2)11-15(17)12-14(16)8-9-18/h3,11-12H,1,4-10,18H2,2H3. The average molecular weight is 326 g/mol. The largest absolute Gasteiger partial charge is 0.493 e. The molecule has 0 aromatic heterocycles. The van der Waals surface area contributed by atoms with Gasteiger partial charge >= 0.3 is 0 Å². The van der Waals surface area contributed by atoms with Gasteiger partial charge in [-0.15, -0.1) is 6.58 Å². The number of unbranched alkanes of at least 4 members (excludes halogenated alkanes) is 3. The molecular weight excluding hydrogens is 302 g/mol. The summed E-state index contributed by atoms with van der Waals surface area (Å²) in [5.41, 5.74) is 8.02. The highest BCUT2D eigenvalue weighted by atomic mass is 79.9. The van der Waals surface area contributed by atoms with Gasteiger partial charge in [-0.1, -0.05) is 22.0 Å². The second-order valence-electron chi connectivity index (χ2n) is 4.74. The van der Waals surface area contributed by atoms with Gasteiger partial charge in [0.05, 0.1) is 6.61 Å². The number of allylic oxidation sites excluding steroid dienone is 1. The fourth-order valence-corrected chi connectivity index (χ4v) is 2.71. The molecule has 2 N–H and O–H groups in total. The Labute approximate surface area is 125 Å². The van der Waals surface area contributed by atoms with E-state index in [0.717, 1.165) is 36.1 Å². The Hall–Kier alpha value is -0.800. The van der Waals surface area contributed by atoms with Crippen LogP contribution < -0.4 is 10.5 Å². The summed E-state index contributed by atoms with van der Waals surface area (Å²) in [5.74, 6) is 1.01. The van der Waals surface area contributed by atoms with Gasteiger partial charge in [-0.3, -0.25) is 0 Å². The number of rotatable bonds is 9. The third kappa shape index (κ3) is 5.79. The van der Waals surface area contributed by atoms with Crippen molar-refractivity contribution < 1.29 is 4.74 Å². The molecule has 0 saturated heterocycles. The van der Waals surface area contributed by atoms with Crippen LogP contribution in [0.1, 0.15) is 36.8 Å². The van der Waals surface area contributed by atoms with E-state index >= 15 is 0 Å². The van der Waals surface area contributed by atoms with Crippen LogP contribution in [0.15, 0.2) is 29.3 Å². The average Bonchev–Trinajstić information content (AvgIpc) is 2.36. The summed E-state index contributed by atoms with van der Waals surface area (Å²) in [5, 5.41) is 0. The van der Waals surface area contributed by atoms with Gasteiger partial charge in [0.15, 0.2) is 0 Å². The lowest BCUT2D eigenvalue weighted by molar-refractivity contribution is 0.300. The maximum absolute atomic E-state index is 5.95. The van der Waals surface area contributed by atoms with Crippen LogP contribution in [0.2, 0.25) is 0 Å². The van der Waals surface area contributed by atoms with Gasteiger partial charge in [-0.2, -0.15) is 0 Å². The molecule has 106 valence electrons. The van der Waals surface area contributed by atoms with Gasteiger partial charge in [-0.25, -0.2) is 0 Å². The van der Waals surface area contributed by atoms with Crippen LogP contribution in [0.3, 0.4) is 0 Å². The molecule has 0 atom stereocenters. The van der Waals surface area contributed by atoms with Crippen molar-refractivity contribution in [2.45, 2.75) is 39.0 Å². The number of hydrogen-bond acceptors (Lipinski definition) is 2. The zero-order chi connectivity index (χ0) is 14.1. The Bertz CT molecular complexity index is 404. The Balaban J connectivity index is 2.53. The third-order valence-electron chi connectivity index (χ3n) is 3.03. The van der Waals surface area contributed by atoms with Crippen molar-refractivity contribution in [1.29, 1.82) is 0 Å². The van der Waals surface area contributed by atoms with Crippen LogP contribution >= 0.6 is 15.9 Å². The quantitative estimate of drug-likeness (QED) is 0.540. The first kappa shape index (κ1) is 16.3. The third-order valence-corrected chi connectivity index (χ3v) is 3.49. The van der Waals surface area contributed by atoms with Crippen LogP contribution in [0.5, 0.6) is 5.75 Å². The number of hydrogen-bond donors (Lipinski definition) is 1. The van der Waals surface area contributed by atoms with Crippen molar-refractivity contribution in [2.24, 2.45) is 5.73 Å². The van der Waals surface area contributed by atoms with Gasteiger partial charge in [0.2, 0.25) is 0 Å². The lowest BCUT2D eigenvalue weighted by atomic mass is 10.1. The molecule has 0 bridgehead atoms. The van der Waals surface area contributed by atoms with Crippen LogP contribution in [0, 0.1) is 6.92 Å². The molecule has 2 nitrogen and oxygen atoms in total. The van der Waals surface area contributed by atoms with E-state index in [-0.39, 0.29) is 0 Å². The number of nitrogens with two attached hydrogens (primary N) is 1. The number of halogens is 1. The maximum Gasteiger partial charge on any atom is 0.125 e. The first-order chi connectivity index (χ1) is 9.19. The van der Waals surface area contributed by atoms with Gasteiger partial charge < -0.3 is 10.5 Å². The molecule has 0 spiro atoms. The van der Waals surface area contributed by atoms with Crippen molar-refractivity contribution >= 4 is 15.9 Å². The Kier molecular flexibility index (Phi) is 7.84. The Morgan fingerprint density at radius 3 is 2.79 bits per heavy atom. The molecule has 3 heteroatoms. The summed E-state index contributed by atoms with van der Waals surface area (Å²) in [4.78, 5) is 0. The van der Waals surface area contributed by atoms with E-state index in [1.807, 2.05) is 6.08 Å². The minimum absolute atomic E-state index is 0.644. The maximum atomic E-state index is 5.95. The monoisotopic (exact) mass is 325 g/mol. The summed E-state index contributed by atoms with van der Waals surface area (Å²) < 4.78 is 7.04. The van der Waals surface area contributed by atoms with E-state index in [4.69, 9.17) is 10.5 Å². The van der Waals surface area contributed by atoms with E-state index in [9.17, 15) is 0 Å². The van der Waals surface area contributed by atoms with Gasteiger partial charge in [-0.05, 0) is 68.8 Å². The first-order valence-corrected chi connectivity index (χ1v) is 7.71. The molecule has 0 saturated carbocycles. The second-order valence-corrected chi connectivity index (χ2v) is 5.65. The van der Waals surface area contributed by atoms with Crippen molar-refractivity contribution in [1.82, 2.24) is 0 Å². The molecule has 0 aliphatic heterocycles. The fraction of sp³-hybridized carbons (Fsp3) is 0.500. The van der Waals surface area contributed by atoms with E-state index < -0.39 is 0 Å². The smallest absolute Gasteiger partial charge is 0.125 e. The zero-order valence-electron chi connectivity index (χ0n) is 11.8. The lowest BCUT2D eigenvalue weighted by Gasteiger charge is -2.14. The number of aryl methyl sites for hydroxylation is 1. The van der Waals surface area contributed by atoms with E-state index in [1.54, 1.807) is 0 Å². The highest BCUT2D eigenvalue weighted by Gasteiger charge is 2.08. The second kappa shape index (κ2) is 9.16. The molecule has 0 amide bonds. The van der Waals surface area contributed by atoms with Crippen molar-refractivity contribution in [3.8, 4) is 5.75 Å². The summed E-state index contributed by atoms with van der Waals surface area (Å²) in [7, 11) is 0. The van der Waals surface area contributed by atoms with Crippen LogP contribution in [0.25, 0.3) is 0 Å². The normalized spacial score (nSPS) is 10.5. The fourth-order valence-electron chi connectivity index (χ4n) is 2.09. The molecule has 1 rings (SSSR count). The zero-order valence-corrected chi connectivity index (χ0v) is 13.3. The predicted molar refractivity (Wildman–Crippen MR) is 85.8 cm³/mol. The number of benzene rings is 1. The summed E-state index contributed by atoms with van der Waals surface area (Å²) in [6.07, 6.45) is 7.39. The molecule has 19 heavy (non-hydrogen) atoms. The van der Waals surface area contributed by atoms with Gasteiger partial charge in [0.25, 0.3) is 0 Å². The summed E-state index contributed by atoms with van der Waals surface area (Å²) in [6.45, 7) is 7.23. The lowest BCUT2D eigenvalue weighted by Crippen LogP contribution is -2.07. The topological polar surface area (TPSA) is 35.2 Å². The molecule has 1 aromatic rings. The Morgan fingerprint density at radius 2 is 2.11 bits per heavy atom. The molecule has 0 heterocycles. The SMILES string of the molecule is C=CCCCCCOc1c(C)cc(Br)cc1CCN. The molecule has 0 radical (unpaired) electrons. The van der Waals surface area contributed by atoms with Gasteiger partial charge in [0.1, 0.15) is 5.75 Å².